The van der Waals surface area contributed by atoms with Crippen LogP contribution < -0.4 is 0 Å². The van der Waals surface area contributed by atoms with Gasteiger partial charge >= 0.3 is 0 Å². The highest BCUT2D eigenvalue weighted by Crippen LogP contribution is 2.36. The Morgan fingerprint density at radius 2 is 0.918 bits per heavy atom. The van der Waals surface area contributed by atoms with E-state index >= 15 is 0 Å². The van der Waals surface area contributed by atoms with Crippen LogP contribution in [0.5, 0.6) is 0 Å². The summed E-state index contributed by atoms with van der Waals surface area (Å²) in [6.07, 6.45) is 5.58. The average Bonchev–Trinajstić information content (AvgIpc) is 3.57. The molecule has 0 bridgehead atoms. The van der Waals surface area contributed by atoms with Gasteiger partial charge in [0.05, 0.1) is 5.69 Å². The topological polar surface area (TPSA) is 77.6 Å². The van der Waals surface area contributed by atoms with Gasteiger partial charge in [-0.05, 0) is 47.0 Å². The number of nitrogens with zero attached hydrogens (tertiary/aromatic N) is 5. The molecule has 0 aliphatic rings. The maximum atomic E-state index is 6.21. The number of furan rings is 1. The van der Waals surface area contributed by atoms with E-state index in [4.69, 9.17) is 24.4 Å². The average molecular weight is 630 g/mol. The number of para-hydroxylation sites is 1. The number of benzene rings is 5. The lowest BCUT2D eigenvalue weighted by Crippen LogP contribution is -2.00. The Morgan fingerprint density at radius 1 is 0.367 bits per heavy atom. The molecule has 9 rings (SSSR count). The van der Waals surface area contributed by atoms with Crippen molar-refractivity contribution in [1.82, 2.24) is 24.9 Å². The van der Waals surface area contributed by atoms with Gasteiger partial charge in [0.25, 0.3) is 0 Å². The van der Waals surface area contributed by atoms with E-state index in [1.165, 1.54) is 0 Å². The van der Waals surface area contributed by atoms with Gasteiger partial charge in [-0.15, -0.1) is 0 Å². The maximum absolute atomic E-state index is 6.21. The van der Waals surface area contributed by atoms with Crippen molar-refractivity contribution in [3.63, 3.8) is 0 Å². The van der Waals surface area contributed by atoms with Gasteiger partial charge in [0.1, 0.15) is 11.2 Å². The van der Waals surface area contributed by atoms with Crippen LogP contribution in [0.25, 0.3) is 89.6 Å². The van der Waals surface area contributed by atoms with Gasteiger partial charge in [-0.25, -0.2) is 15.0 Å². The van der Waals surface area contributed by atoms with Gasteiger partial charge in [-0.1, -0.05) is 109 Å². The first kappa shape index (κ1) is 28.4. The van der Waals surface area contributed by atoms with Crippen LogP contribution in [0.4, 0.5) is 0 Å². The lowest BCUT2D eigenvalue weighted by Gasteiger charge is -2.12. The molecule has 49 heavy (non-hydrogen) atoms. The molecule has 230 valence electrons. The normalized spacial score (nSPS) is 11.3. The summed E-state index contributed by atoms with van der Waals surface area (Å²) >= 11 is 0. The Bertz CT molecular complexity index is 2530. The van der Waals surface area contributed by atoms with Crippen LogP contribution in [0.3, 0.4) is 0 Å². The Hall–Kier alpha value is -6.79. The third kappa shape index (κ3) is 5.51. The van der Waals surface area contributed by atoms with E-state index in [1.807, 2.05) is 103 Å². The van der Waals surface area contributed by atoms with Gasteiger partial charge in [0, 0.05) is 63.2 Å². The Kier molecular flexibility index (Phi) is 7.02. The molecule has 4 heterocycles. The summed E-state index contributed by atoms with van der Waals surface area (Å²) in [5.74, 6) is 1.89. The van der Waals surface area contributed by atoms with Crippen LogP contribution in [-0.4, -0.2) is 24.9 Å². The molecule has 0 aliphatic heterocycles. The maximum Gasteiger partial charge on any atom is 0.164 e. The number of hydrogen-bond acceptors (Lipinski definition) is 6. The monoisotopic (exact) mass is 629 g/mol. The van der Waals surface area contributed by atoms with Crippen molar-refractivity contribution in [2.24, 2.45) is 0 Å². The predicted octanol–water partition coefficient (Wildman–Crippen LogP) is 10.6. The van der Waals surface area contributed by atoms with E-state index < -0.39 is 0 Å². The van der Waals surface area contributed by atoms with E-state index in [0.29, 0.717) is 17.5 Å². The minimum Gasteiger partial charge on any atom is -0.456 e. The van der Waals surface area contributed by atoms with Gasteiger partial charge in [-0.2, -0.15) is 0 Å². The molecular weight excluding hydrogens is 603 g/mol. The largest absolute Gasteiger partial charge is 0.456 e. The zero-order valence-electron chi connectivity index (χ0n) is 26.2. The summed E-state index contributed by atoms with van der Waals surface area (Å²) in [7, 11) is 0. The summed E-state index contributed by atoms with van der Waals surface area (Å²) in [6, 6.07) is 49.1. The summed E-state index contributed by atoms with van der Waals surface area (Å²) in [6.45, 7) is 0. The molecule has 4 aromatic heterocycles. The molecule has 6 heteroatoms. The van der Waals surface area contributed by atoms with Crippen molar-refractivity contribution in [2.45, 2.75) is 0 Å². The van der Waals surface area contributed by atoms with Crippen molar-refractivity contribution >= 4 is 21.9 Å². The minimum atomic E-state index is 0.618. The van der Waals surface area contributed by atoms with Gasteiger partial charge in [-0.3, -0.25) is 9.97 Å². The third-order valence-corrected chi connectivity index (χ3v) is 8.66. The fourth-order valence-electron chi connectivity index (χ4n) is 6.17. The van der Waals surface area contributed by atoms with Crippen LogP contribution in [-0.2, 0) is 0 Å². The molecule has 6 nitrogen and oxygen atoms in total. The van der Waals surface area contributed by atoms with Crippen molar-refractivity contribution in [2.75, 3.05) is 0 Å². The number of aromatic nitrogens is 5. The molecule has 0 atom stereocenters. The quantitative estimate of drug-likeness (QED) is 0.182. The molecule has 0 saturated heterocycles. The fourth-order valence-corrected chi connectivity index (χ4v) is 6.17. The highest BCUT2D eigenvalue weighted by atomic mass is 16.3. The zero-order valence-corrected chi connectivity index (χ0v) is 26.2. The van der Waals surface area contributed by atoms with E-state index in [2.05, 4.69) is 59.6 Å². The number of fused-ring (bicyclic) bond motifs is 3. The molecule has 0 radical (unpaired) electrons. The summed E-state index contributed by atoms with van der Waals surface area (Å²) in [5, 5.41) is 2.06. The number of rotatable bonds is 6. The summed E-state index contributed by atoms with van der Waals surface area (Å²) < 4.78 is 6.21. The summed E-state index contributed by atoms with van der Waals surface area (Å²) in [5.41, 5.74) is 10.5. The molecular formula is C43H27N5O. The van der Waals surface area contributed by atoms with E-state index in [-0.39, 0.29) is 0 Å². The lowest BCUT2D eigenvalue weighted by molar-refractivity contribution is 0.668. The van der Waals surface area contributed by atoms with Crippen LogP contribution in [0.1, 0.15) is 0 Å². The first-order chi connectivity index (χ1) is 24.2. The Labute approximate surface area is 282 Å². The number of pyridine rings is 2. The van der Waals surface area contributed by atoms with Crippen LogP contribution in [0, 0.1) is 0 Å². The fraction of sp³-hybridized carbons (Fsp3) is 0. The van der Waals surface area contributed by atoms with E-state index in [9.17, 15) is 0 Å². The molecule has 0 amide bonds. The first-order valence-electron chi connectivity index (χ1n) is 16.1. The molecule has 0 unspecified atom stereocenters. The smallest absolute Gasteiger partial charge is 0.164 e. The van der Waals surface area contributed by atoms with Crippen LogP contribution >= 0.6 is 0 Å². The molecule has 0 aliphatic carbocycles. The lowest BCUT2D eigenvalue weighted by atomic mass is 9.95. The molecule has 5 aromatic carbocycles. The molecule has 0 fully saturated rings. The first-order valence-corrected chi connectivity index (χ1v) is 16.1. The molecule has 9 aromatic rings. The van der Waals surface area contributed by atoms with Crippen molar-refractivity contribution < 1.29 is 4.42 Å². The van der Waals surface area contributed by atoms with Gasteiger partial charge < -0.3 is 4.42 Å². The Morgan fingerprint density at radius 3 is 1.57 bits per heavy atom. The standard InChI is InChI=1S/C43H27N5O/c1-3-10-29(11-4-1)41-46-42(30-12-5-2-6-13-30)48-43(47-41)31-19-17-28(18-20-31)33-22-34(32-14-9-21-44-26-32)24-35(23-33)38-25-40-37(27-45-38)36-15-7-8-16-39(36)49-40/h1-27H. The predicted molar refractivity (Wildman–Crippen MR) is 195 cm³/mol. The zero-order chi connectivity index (χ0) is 32.6. The second kappa shape index (κ2) is 12.1. The SMILES string of the molecule is c1ccc(-c2nc(-c3ccccc3)nc(-c3ccc(-c4cc(-c5cccnc5)cc(-c5cc6oc7ccccc7c6cn5)c4)cc3)n2)cc1. The van der Waals surface area contributed by atoms with Gasteiger partial charge in [0.15, 0.2) is 17.5 Å². The second-order valence-electron chi connectivity index (χ2n) is 11.8. The van der Waals surface area contributed by atoms with Gasteiger partial charge in [0.2, 0.25) is 0 Å². The highest BCUT2D eigenvalue weighted by Gasteiger charge is 2.15. The van der Waals surface area contributed by atoms with Crippen molar-refractivity contribution in [3.05, 3.63) is 164 Å². The van der Waals surface area contributed by atoms with Crippen molar-refractivity contribution in [3.8, 4) is 67.7 Å². The van der Waals surface area contributed by atoms with Crippen molar-refractivity contribution in [1.29, 1.82) is 0 Å². The van der Waals surface area contributed by atoms with E-state index in [1.54, 1.807) is 6.20 Å². The van der Waals surface area contributed by atoms with E-state index in [0.717, 1.165) is 72.1 Å². The van der Waals surface area contributed by atoms with Crippen LogP contribution in [0.2, 0.25) is 0 Å². The second-order valence-corrected chi connectivity index (χ2v) is 11.8. The third-order valence-electron chi connectivity index (χ3n) is 8.66. The highest BCUT2D eigenvalue weighted by molar-refractivity contribution is 6.05. The minimum absolute atomic E-state index is 0.618. The molecule has 0 spiro atoms. The van der Waals surface area contributed by atoms with Crippen LogP contribution in [0.15, 0.2) is 169 Å². The molecule has 0 saturated carbocycles. The number of hydrogen-bond donors (Lipinski definition) is 0. The molecule has 0 N–H and O–H groups in total. The summed E-state index contributed by atoms with van der Waals surface area (Å²) in [4.78, 5) is 23.9. The Balaban J connectivity index is 1.13.